The normalized spacial score (nSPS) is 14.7. The molecule has 8 nitrogen and oxygen atoms in total. The molecule has 1 aliphatic rings. The summed E-state index contributed by atoms with van der Waals surface area (Å²) < 4.78 is 14.1. The summed E-state index contributed by atoms with van der Waals surface area (Å²) in [6, 6.07) is 5.06. The molecule has 1 N–H and O–H groups in total. The smallest absolute Gasteiger partial charge is 0.240 e. The van der Waals surface area contributed by atoms with Crippen LogP contribution in [0.3, 0.4) is 0 Å². The second-order valence-corrected chi connectivity index (χ2v) is 7.64. The Morgan fingerprint density at radius 1 is 1.34 bits per heavy atom. The third-order valence-corrected chi connectivity index (χ3v) is 5.49. The first-order valence-corrected chi connectivity index (χ1v) is 9.95. The van der Waals surface area contributed by atoms with E-state index in [1.807, 2.05) is 11.8 Å². The first kappa shape index (κ1) is 19.2. The molecule has 0 aliphatic carbocycles. The van der Waals surface area contributed by atoms with Crippen molar-refractivity contribution in [1.82, 2.24) is 20.1 Å². The Balaban J connectivity index is 1.50. The van der Waals surface area contributed by atoms with E-state index in [0.29, 0.717) is 53.5 Å². The van der Waals surface area contributed by atoms with Crippen LogP contribution in [-0.4, -0.2) is 58.7 Å². The van der Waals surface area contributed by atoms with Crippen LogP contribution in [0.1, 0.15) is 11.1 Å². The number of fused-ring (bicyclic) bond motifs is 1. The van der Waals surface area contributed by atoms with E-state index in [9.17, 15) is 14.4 Å². The van der Waals surface area contributed by atoms with Crippen LogP contribution in [-0.2, 0) is 4.79 Å². The number of amides is 1. The number of anilines is 2. The van der Waals surface area contributed by atoms with E-state index in [0.717, 1.165) is 5.56 Å². The Morgan fingerprint density at radius 3 is 2.83 bits per heavy atom. The van der Waals surface area contributed by atoms with E-state index < -0.39 is 0 Å². The second-order valence-electron chi connectivity index (χ2n) is 6.81. The number of aryl methyl sites for hydroxylation is 1. The Kier molecular flexibility index (Phi) is 5.33. The summed E-state index contributed by atoms with van der Waals surface area (Å²) in [4.78, 5) is 20.6. The average molecular weight is 411 g/mol. The fourth-order valence-corrected chi connectivity index (χ4v) is 4.03. The van der Waals surface area contributed by atoms with Crippen molar-refractivity contribution in [3.8, 4) is 6.07 Å². The topological polar surface area (TPSA) is 98.0 Å². The Morgan fingerprint density at radius 2 is 2.14 bits per heavy atom. The predicted molar refractivity (Wildman–Crippen MR) is 108 cm³/mol. The quantitative estimate of drug-likeness (QED) is 0.702. The van der Waals surface area contributed by atoms with Crippen LogP contribution in [0.25, 0.3) is 10.9 Å². The standard InChI is InChI=1S/C19H18FN7OS/c1-12-6-14(20)7-15-17(12)22-9-13(8-21)18(15)27-4-2-26(3-5-27)10-16(28)24-19-25-23-11-29-19/h6-7,9,11H,2-5,10H2,1H3,(H,24,25,28). The van der Waals surface area contributed by atoms with Gasteiger partial charge in [-0.05, 0) is 24.6 Å². The second kappa shape index (κ2) is 8.06. The van der Waals surface area contributed by atoms with Gasteiger partial charge in [-0.15, -0.1) is 10.2 Å². The van der Waals surface area contributed by atoms with Crippen molar-refractivity contribution in [3.63, 3.8) is 0 Å². The molecule has 1 fully saturated rings. The van der Waals surface area contributed by atoms with E-state index in [1.54, 1.807) is 11.7 Å². The van der Waals surface area contributed by atoms with Gasteiger partial charge in [0.15, 0.2) is 0 Å². The summed E-state index contributed by atoms with van der Waals surface area (Å²) in [7, 11) is 0. The monoisotopic (exact) mass is 411 g/mol. The number of pyridine rings is 1. The van der Waals surface area contributed by atoms with Crippen LogP contribution in [0.2, 0.25) is 0 Å². The van der Waals surface area contributed by atoms with Crippen molar-refractivity contribution in [2.24, 2.45) is 0 Å². The van der Waals surface area contributed by atoms with Gasteiger partial charge in [0.1, 0.15) is 17.4 Å². The first-order chi connectivity index (χ1) is 14.0. The summed E-state index contributed by atoms with van der Waals surface area (Å²) in [5.74, 6) is -0.486. The molecule has 0 spiro atoms. The molecule has 10 heteroatoms. The Labute approximate surface area is 170 Å². The van der Waals surface area contributed by atoms with Gasteiger partial charge < -0.3 is 4.90 Å². The average Bonchev–Trinajstić information content (AvgIpc) is 3.20. The largest absolute Gasteiger partial charge is 0.367 e. The maximum absolute atomic E-state index is 14.1. The van der Waals surface area contributed by atoms with Crippen LogP contribution >= 0.6 is 11.3 Å². The van der Waals surface area contributed by atoms with E-state index in [2.05, 4.69) is 31.5 Å². The molecule has 0 saturated carbocycles. The van der Waals surface area contributed by atoms with Crippen molar-refractivity contribution < 1.29 is 9.18 Å². The zero-order valence-electron chi connectivity index (χ0n) is 15.7. The van der Waals surface area contributed by atoms with Gasteiger partial charge in [0.05, 0.1) is 23.3 Å². The lowest BCUT2D eigenvalue weighted by Crippen LogP contribution is -2.49. The number of rotatable bonds is 4. The zero-order chi connectivity index (χ0) is 20.4. The minimum atomic E-state index is -0.347. The number of nitrogens with one attached hydrogen (secondary N) is 1. The summed E-state index contributed by atoms with van der Waals surface area (Å²) in [5.41, 5.74) is 4.12. The van der Waals surface area contributed by atoms with Crippen LogP contribution in [0.5, 0.6) is 0 Å². The molecule has 0 radical (unpaired) electrons. The van der Waals surface area contributed by atoms with E-state index in [1.165, 1.54) is 23.5 Å². The molecule has 0 bridgehead atoms. The van der Waals surface area contributed by atoms with Gasteiger partial charge in [-0.1, -0.05) is 11.3 Å². The third-order valence-electron chi connectivity index (χ3n) is 4.88. The molecule has 3 aromatic rings. The molecular formula is C19H18FN7OS. The van der Waals surface area contributed by atoms with Crippen molar-refractivity contribution in [3.05, 3.63) is 40.8 Å². The Bertz CT molecular complexity index is 1090. The number of hydrogen-bond acceptors (Lipinski definition) is 8. The number of piperazine rings is 1. The molecule has 1 aromatic carbocycles. The molecule has 0 unspecified atom stereocenters. The van der Waals surface area contributed by atoms with Crippen molar-refractivity contribution in [2.45, 2.75) is 6.92 Å². The molecule has 4 rings (SSSR count). The van der Waals surface area contributed by atoms with Gasteiger partial charge in [-0.3, -0.25) is 20.0 Å². The third kappa shape index (κ3) is 4.01. The number of carbonyl (C=O) groups is 1. The van der Waals surface area contributed by atoms with Gasteiger partial charge in [0.25, 0.3) is 0 Å². The van der Waals surface area contributed by atoms with E-state index in [-0.39, 0.29) is 18.3 Å². The molecule has 1 amide bonds. The lowest BCUT2D eigenvalue weighted by atomic mass is 10.0. The number of hydrogen-bond donors (Lipinski definition) is 1. The number of nitriles is 1. The maximum Gasteiger partial charge on any atom is 0.240 e. The summed E-state index contributed by atoms with van der Waals surface area (Å²) in [6.45, 7) is 4.59. The minimum Gasteiger partial charge on any atom is -0.367 e. The van der Waals surface area contributed by atoms with Crippen LogP contribution in [0.4, 0.5) is 15.2 Å². The zero-order valence-corrected chi connectivity index (χ0v) is 16.5. The van der Waals surface area contributed by atoms with Crippen molar-refractivity contribution in [1.29, 1.82) is 5.26 Å². The summed E-state index contributed by atoms with van der Waals surface area (Å²) in [6.07, 6.45) is 1.55. The molecule has 3 heterocycles. The highest BCUT2D eigenvalue weighted by molar-refractivity contribution is 7.13. The highest BCUT2D eigenvalue weighted by atomic mass is 32.1. The van der Waals surface area contributed by atoms with Gasteiger partial charge in [0, 0.05) is 37.8 Å². The highest BCUT2D eigenvalue weighted by Crippen LogP contribution is 2.32. The molecule has 2 aromatic heterocycles. The van der Waals surface area contributed by atoms with Crippen molar-refractivity contribution >= 4 is 39.0 Å². The van der Waals surface area contributed by atoms with Gasteiger partial charge in [-0.25, -0.2) is 4.39 Å². The van der Waals surface area contributed by atoms with Crippen molar-refractivity contribution in [2.75, 3.05) is 42.9 Å². The Hall–Kier alpha value is -3.16. The van der Waals surface area contributed by atoms with Gasteiger partial charge >= 0.3 is 0 Å². The number of benzene rings is 1. The highest BCUT2D eigenvalue weighted by Gasteiger charge is 2.24. The lowest BCUT2D eigenvalue weighted by molar-refractivity contribution is -0.117. The molecule has 148 valence electrons. The fourth-order valence-electron chi connectivity index (χ4n) is 3.56. The lowest BCUT2D eigenvalue weighted by Gasteiger charge is -2.36. The van der Waals surface area contributed by atoms with E-state index >= 15 is 0 Å². The number of aromatic nitrogens is 3. The summed E-state index contributed by atoms with van der Waals surface area (Å²) >= 11 is 1.27. The van der Waals surface area contributed by atoms with Gasteiger partial charge in [-0.2, -0.15) is 5.26 Å². The van der Waals surface area contributed by atoms with Crippen LogP contribution < -0.4 is 10.2 Å². The molecule has 1 saturated heterocycles. The summed E-state index contributed by atoms with van der Waals surface area (Å²) in [5, 5.41) is 20.9. The SMILES string of the molecule is Cc1cc(F)cc2c(N3CCN(CC(=O)Nc4nncs4)CC3)c(C#N)cnc12. The van der Waals surface area contributed by atoms with Crippen LogP contribution in [0, 0.1) is 24.1 Å². The molecule has 0 atom stereocenters. The van der Waals surface area contributed by atoms with E-state index in [4.69, 9.17) is 0 Å². The number of nitrogens with zero attached hydrogens (tertiary/aromatic N) is 6. The maximum atomic E-state index is 14.1. The molecule has 29 heavy (non-hydrogen) atoms. The first-order valence-electron chi connectivity index (χ1n) is 9.07. The predicted octanol–water partition coefficient (Wildman–Crippen LogP) is 2.17. The number of halogens is 1. The van der Waals surface area contributed by atoms with Gasteiger partial charge in [0.2, 0.25) is 11.0 Å². The minimum absolute atomic E-state index is 0.139. The number of carbonyl (C=O) groups excluding carboxylic acids is 1. The van der Waals surface area contributed by atoms with Crippen LogP contribution in [0.15, 0.2) is 23.8 Å². The molecule has 1 aliphatic heterocycles. The fraction of sp³-hybridized carbons (Fsp3) is 0.316. The molecular weight excluding hydrogens is 393 g/mol.